The first-order valence-electron chi connectivity index (χ1n) is 4.69. The number of hydrogen-bond acceptors (Lipinski definition) is 1. The summed E-state index contributed by atoms with van der Waals surface area (Å²) < 4.78 is 0. The highest BCUT2D eigenvalue weighted by molar-refractivity contribution is 6.38. The largest absolute Gasteiger partial charge is 0.311 e. The van der Waals surface area contributed by atoms with Crippen molar-refractivity contribution in [2.75, 3.05) is 11.9 Å². The number of benzene rings is 2. The summed E-state index contributed by atoms with van der Waals surface area (Å²) in [4.78, 5) is 13.5. The number of halogens is 1. The summed E-state index contributed by atoms with van der Waals surface area (Å²) in [6.07, 6.45) is 0. The van der Waals surface area contributed by atoms with Crippen LogP contribution in [0.3, 0.4) is 0 Å². The van der Waals surface area contributed by atoms with Crippen molar-refractivity contribution in [3.8, 4) is 0 Å². The molecule has 0 N–H and O–H groups in total. The van der Waals surface area contributed by atoms with Gasteiger partial charge in [0.1, 0.15) is 0 Å². The number of nitrogens with zero attached hydrogens (tertiary/aromatic N) is 1. The molecule has 15 heavy (non-hydrogen) atoms. The fourth-order valence-electron chi connectivity index (χ4n) is 2.10. The zero-order chi connectivity index (χ0) is 10.6. The van der Waals surface area contributed by atoms with E-state index in [0.29, 0.717) is 5.02 Å². The fraction of sp³-hybridized carbons (Fsp3) is 0.0833. The standard InChI is InChI=1S/C12H8ClNO/c1-14-10-6-5-9(13)7-3-2-4-8(11(7)10)12(14)15/h2-6H,1H3. The second kappa shape index (κ2) is 2.74. The number of carbonyl (C=O) groups is 1. The third-order valence-corrected chi connectivity index (χ3v) is 3.19. The predicted molar refractivity (Wildman–Crippen MR) is 61.7 cm³/mol. The minimum atomic E-state index is 0.0397. The molecule has 1 aliphatic heterocycles. The smallest absolute Gasteiger partial charge is 0.258 e. The molecule has 0 unspecified atom stereocenters. The van der Waals surface area contributed by atoms with Gasteiger partial charge in [0.05, 0.1) is 5.69 Å². The Bertz CT molecular complexity index is 591. The van der Waals surface area contributed by atoms with Gasteiger partial charge in [0.25, 0.3) is 5.91 Å². The van der Waals surface area contributed by atoms with Crippen LogP contribution in [0.25, 0.3) is 10.8 Å². The quantitative estimate of drug-likeness (QED) is 0.664. The van der Waals surface area contributed by atoms with Crippen molar-refractivity contribution in [3.63, 3.8) is 0 Å². The number of hydrogen-bond donors (Lipinski definition) is 0. The predicted octanol–water partition coefficient (Wildman–Crippen LogP) is 3.08. The molecule has 0 aromatic heterocycles. The van der Waals surface area contributed by atoms with Crippen LogP contribution in [0.1, 0.15) is 10.4 Å². The maximum absolute atomic E-state index is 11.9. The first kappa shape index (κ1) is 8.74. The first-order chi connectivity index (χ1) is 7.20. The van der Waals surface area contributed by atoms with Crippen LogP contribution in [-0.4, -0.2) is 13.0 Å². The second-order valence-corrected chi connectivity index (χ2v) is 4.07. The van der Waals surface area contributed by atoms with E-state index >= 15 is 0 Å². The molecule has 0 atom stereocenters. The molecule has 3 heteroatoms. The van der Waals surface area contributed by atoms with Crippen LogP contribution in [0.4, 0.5) is 5.69 Å². The van der Waals surface area contributed by atoms with E-state index < -0.39 is 0 Å². The molecule has 0 saturated heterocycles. The Kier molecular flexibility index (Phi) is 1.59. The van der Waals surface area contributed by atoms with Gasteiger partial charge >= 0.3 is 0 Å². The Morgan fingerprint density at radius 1 is 1.20 bits per heavy atom. The van der Waals surface area contributed by atoms with E-state index in [1.165, 1.54) is 0 Å². The van der Waals surface area contributed by atoms with Crippen molar-refractivity contribution >= 4 is 34.0 Å². The van der Waals surface area contributed by atoms with E-state index in [-0.39, 0.29) is 5.91 Å². The molecule has 0 bridgehead atoms. The summed E-state index contributed by atoms with van der Waals surface area (Å²) in [5, 5.41) is 2.61. The summed E-state index contributed by atoms with van der Waals surface area (Å²) in [7, 11) is 1.78. The SMILES string of the molecule is CN1C(=O)c2cccc3c(Cl)ccc1c23. The maximum atomic E-state index is 11.9. The molecule has 0 spiro atoms. The van der Waals surface area contributed by atoms with E-state index in [1.807, 2.05) is 30.3 Å². The van der Waals surface area contributed by atoms with Crippen LogP contribution in [0.15, 0.2) is 30.3 Å². The Morgan fingerprint density at radius 2 is 2.00 bits per heavy atom. The minimum absolute atomic E-state index is 0.0397. The number of amides is 1. The molecule has 1 aliphatic rings. The van der Waals surface area contributed by atoms with Crippen LogP contribution in [0.2, 0.25) is 5.02 Å². The lowest BCUT2D eigenvalue weighted by Crippen LogP contribution is -2.20. The van der Waals surface area contributed by atoms with Crippen LogP contribution >= 0.6 is 11.6 Å². The maximum Gasteiger partial charge on any atom is 0.258 e. The van der Waals surface area contributed by atoms with E-state index in [9.17, 15) is 4.79 Å². The van der Waals surface area contributed by atoms with Crippen LogP contribution in [0, 0.1) is 0 Å². The molecule has 0 saturated carbocycles. The number of carbonyl (C=O) groups excluding carboxylic acids is 1. The molecule has 74 valence electrons. The molecule has 1 amide bonds. The average molecular weight is 218 g/mol. The molecule has 1 heterocycles. The van der Waals surface area contributed by atoms with Gasteiger partial charge in [-0.3, -0.25) is 4.79 Å². The van der Waals surface area contributed by atoms with Crippen LogP contribution < -0.4 is 4.90 Å². The van der Waals surface area contributed by atoms with Crippen molar-refractivity contribution < 1.29 is 4.79 Å². The van der Waals surface area contributed by atoms with Gasteiger partial charge in [-0.25, -0.2) is 0 Å². The second-order valence-electron chi connectivity index (χ2n) is 3.66. The number of rotatable bonds is 0. The van der Waals surface area contributed by atoms with Gasteiger partial charge in [0.2, 0.25) is 0 Å². The summed E-state index contributed by atoms with van der Waals surface area (Å²) in [5.41, 5.74) is 1.68. The molecule has 0 radical (unpaired) electrons. The molecular weight excluding hydrogens is 210 g/mol. The normalized spacial score (nSPS) is 14.0. The Hall–Kier alpha value is -1.54. The molecular formula is C12H8ClNO. The first-order valence-corrected chi connectivity index (χ1v) is 5.07. The van der Waals surface area contributed by atoms with E-state index in [0.717, 1.165) is 22.0 Å². The van der Waals surface area contributed by atoms with E-state index in [2.05, 4.69) is 0 Å². The van der Waals surface area contributed by atoms with Crippen molar-refractivity contribution in [2.45, 2.75) is 0 Å². The average Bonchev–Trinajstić information content (AvgIpc) is 2.50. The zero-order valence-electron chi connectivity index (χ0n) is 8.12. The summed E-state index contributed by atoms with van der Waals surface area (Å²) >= 11 is 6.09. The number of anilines is 1. The third kappa shape index (κ3) is 0.972. The van der Waals surface area contributed by atoms with Crippen LogP contribution in [0.5, 0.6) is 0 Å². The zero-order valence-corrected chi connectivity index (χ0v) is 8.88. The Balaban J connectivity index is 2.56. The lowest BCUT2D eigenvalue weighted by atomic mass is 10.1. The molecule has 2 aromatic carbocycles. The van der Waals surface area contributed by atoms with Gasteiger partial charge in [0, 0.05) is 28.4 Å². The van der Waals surface area contributed by atoms with Gasteiger partial charge in [-0.15, -0.1) is 0 Å². The van der Waals surface area contributed by atoms with Gasteiger partial charge in [-0.05, 0) is 18.2 Å². The highest BCUT2D eigenvalue weighted by Gasteiger charge is 2.26. The Labute approximate surface area is 92.1 Å². The summed E-state index contributed by atoms with van der Waals surface area (Å²) in [5.74, 6) is 0.0397. The van der Waals surface area contributed by atoms with Crippen molar-refractivity contribution in [2.24, 2.45) is 0 Å². The molecule has 2 aromatic rings. The van der Waals surface area contributed by atoms with E-state index in [1.54, 1.807) is 11.9 Å². The van der Waals surface area contributed by atoms with E-state index in [4.69, 9.17) is 11.6 Å². The lowest BCUT2D eigenvalue weighted by molar-refractivity contribution is 0.0999. The molecule has 0 aliphatic carbocycles. The van der Waals surface area contributed by atoms with Crippen molar-refractivity contribution in [3.05, 3.63) is 40.9 Å². The van der Waals surface area contributed by atoms with Gasteiger partial charge in [-0.1, -0.05) is 23.7 Å². The molecule has 3 rings (SSSR count). The van der Waals surface area contributed by atoms with Crippen LogP contribution in [-0.2, 0) is 0 Å². The fourth-order valence-corrected chi connectivity index (χ4v) is 2.32. The minimum Gasteiger partial charge on any atom is -0.311 e. The molecule has 0 fully saturated rings. The highest BCUT2D eigenvalue weighted by atomic mass is 35.5. The topological polar surface area (TPSA) is 20.3 Å². The highest BCUT2D eigenvalue weighted by Crippen LogP contribution is 2.39. The summed E-state index contributed by atoms with van der Waals surface area (Å²) in [6.45, 7) is 0. The van der Waals surface area contributed by atoms with Gasteiger partial charge < -0.3 is 4.90 Å². The Morgan fingerprint density at radius 3 is 2.80 bits per heavy atom. The van der Waals surface area contributed by atoms with Gasteiger partial charge in [0.15, 0.2) is 0 Å². The van der Waals surface area contributed by atoms with Gasteiger partial charge in [-0.2, -0.15) is 0 Å². The summed E-state index contributed by atoms with van der Waals surface area (Å²) in [6, 6.07) is 9.37. The molecule has 2 nitrogen and oxygen atoms in total. The third-order valence-electron chi connectivity index (χ3n) is 2.86. The monoisotopic (exact) mass is 217 g/mol. The lowest BCUT2D eigenvalue weighted by Gasteiger charge is -2.09. The van der Waals surface area contributed by atoms with Crippen molar-refractivity contribution in [1.82, 2.24) is 0 Å². The van der Waals surface area contributed by atoms with Crippen molar-refractivity contribution in [1.29, 1.82) is 0 Å².